The lowest BCUT2D eigenvalue weighted by atomic mass is 9.74. The molecule has 2 saturated heterocycles. The number of benzene rings is 2. The molecule has 192 valence electrons. The van der Waals surface area contributed by atoms with Gasteiger partial charge in [0.1, 0.15) is 17.5 Å². The van der Waals surface area contributed by atoms with Crippen molar-refractivity contribution in [2.75, 3.05) is 44.6 Å². The lowest BCUT2D eigenvalue weighted by molar-refractivity contribution is -0.128. The smallest absolute Gasteiger partial charge is 0.246 e. The summed E-state index contributed by atoms with van der Waals surface area (Å²) in [5, 5.41) is 14.3. The van der Waals surface area contributed by atoms with Gasteiger partial charge in [-0.3, -0.25) is 4.79 Å². The van der Waals surface area contributed by atoms with Crippen molar-refractivity contribution in [1.29, 1.82) is 0 Å². The Balaban J connectivity index is 1.08. The number of aliphatic hydroxyl groups excluding tert-OH is 1. The van der Waals surface area contributed by atoms with Crippen LogP contribution < -0.4 is 5.32 Å². The zero-order valence-corrected chi connectivity index (χ0v) is 20.2. The molecule has 1 spiro atoms. The summed E-state index contributed by atoms with van der Waals surface area (Å²) in [6.07, 6.45) is 5.70. The molecule has 1 atom stereocenters. The lowest BCUT2D eigenvalue weighted by Crippen LogP contribution is -2.48. The SMILES string of the molecule is O=C(C=Cc1cc(F)cc(F)c1)N1CCC(C(O)CN2CCC3(CC2)CNc2cc(F)ccc23)CC1. The summed E-state index contributed by atoms with van der Waals surface area (Å²) in [6, 6.07) is 8.19. The molecule has 5 nitrogen and oxygen atoms in total. The lowest BCUT2D eigenvalue weighted by Gasteiger charge is -2.41. The highest BCUT2D eigenvalue weighted by Gasteiger charge is 2.42. The number of nitrogens with zero attached hydrogens (tertiary/aromatic N) is 2. The number of anilines is 1. The molecule has 0 saturated carbocycles. The number of halogens is 3. The average Bonchev–Trinajstić information content (AvgIpc) is 3.20. The number of amides is 1. The zero-order valence-electron chi connectivity index (χ0n) is 20.2. The van der Waals surface area contributed by atoms with Crippen LogP contribution in [0.15, 0.2) is 42.5 Å². The van der Waals surface area contributed by atoms with Gasteiger partial charge in [0, 0.05) is 49.4 Å². The van der Waals surface area contributed by atoms with Crippen molar-refractivity contribution in [2.45, 2.75) is 37.2 Å². The van der Waals surface area contributed by atoms with Crippen LogP contribution in [0.1, 0.15) is 36.8 Å². The van der Waals surface area contributed by atoms with E-state index in [2.05, 4.69) is 10.2 Å². The van der Waals surface area contributed by atoms with Crippen molar-refractivity contribution in [3.63, 3.8) is 0 Å². The van der Waals surface area contributed by atoms with Crippen molar-refractivity contribution in [3.8, 4) is 0 Å². The van der Waals surface area contributed by atoms with Crippen molar-refractivity contribution >= 4 is 17.7 Å². The van der Waals surface area contributed by atoms with E-state index in [1.165, 1.54) is 35.9 Å². The second-order valence-corrected chi connectivity index (χ2v) is 10.4. The third-order valence-corrected chi connectivity index (χ3v) is 8.13. The van der Waals surface area contributed by atoms with Gasteiger partial charge in [0.05, 0.1) is 6.10 Å². The molecule has 2 aromatic rings. The zero-order chi connectivity index (χ0) is 25.3. The van der Waals surface area contributed by atoms with Crippen LogP contribution in [-0.4, -0.2) is 66.2 Å². The van der Waals surface area contributed by atoms with Gasteiger partial charge >= 0.3 is 0 Å². The molecule has 3 aliphatic heterocycles. The summed E-state index contributed by atoms with van der Waals surface area (Å²) in [4.78, 5) is 16.5. The van der Waals surface area contributed by atoms with Crippen molar-refractivity contribution in [2.24, 2.45) is 5.92 Å². The fourth-order valence-electron chi connectivity index (χ4n) is 5.96. The number of carbonyl (C=O) groups excluding carboxylic acids is 1. The molecule has 2 aromatic carbocycles. The highest BCUT2D eigenvalue weighted by atomic mass is 19.1. The minimum Gasteiger partial charge on any atom is -0.392 e. The predicted molar refractivity (Wildman–Crippen MR) is 133 cm³/mol. The van der Waals surface area contributed by atoms with E-state index in [1.54, 1.807) is 11.0 Å². The second-order valence-electron chi connectivity index (χ2n) is 10.4. The fourth-order valence-corrected chi connectivity index (χ4v) is 5.96. The maximum absolute atomic E-state index is 13.6. The molecule has 2 N–H and O–H groups in total. The van der Waals surface area contributed by atoms with Gasteiger partial charge in [-0.25, -0.2) is 13.2 Å². The van der Waals surface area contributed by atoms with E-state index < -0.39 is 17.7 Å². The van der Waals surface area contributed by atoms with Crippen LogP contribution in [0.25, 0.3) is 6.08 Å². The Morgan fingerprint density at radius 2 is 1.72 bits per heavy atom. The van der Waals surface area contributed by atoms with E-state index in [0.29, 0.717) is 25.2 Å². The highest BCUT2D eigenvalue weighted by molar-refractivity contribution is 5.91. The number of β-amino-alcohol motifs (C(OH)–C–C–N with tert-alkyl or cyclic N) is 1. The summed E-state index contributed by atoms with van der Waals surface area (Å²) < 4.78 is 40.2. The molecule has 8 heteroatoms. The number of rotatable bonds is 5. The topological polar surface area (TPSA) is 55.8 Å². The number of hydrogen-bond donors (Lipinski definition) is 2. The van der Waals surface area contributed by atoms with Gasteiger partial charge < -0.3 is 20.2 Å². The number of aliphatic hydroxyl groups is 1. The molecular formula is C28H32F3N3O2. The minimum atomic E-state index is -0.680. The number of hydrogen-bond acceptors (Lipinski definition) is 4. The first-order valence-corrected chi connectivity index (χ1v) is 12.7. The molecule has 5 rings (SSSR count). The monoisotopic (exact) mass is 499 g/mol. The molecule has 2 fully saturated rings. The van der Waals surface area contributed by atoms with Crippen LogP contribution >= 0.6 is 0 Å². The molecule has 3 aliphatic rings. The maximum atomic E-state index is 13.6. The van der Waals surface area contributed by atoms with Crippen LogP contribution in [0.5, 0.6) is 0 Å². The first-order valence-electron chi connectivity index (χ1n) is 12.7. The molecule has 1 amide bonds. The average molecular weight is 500 g/mol. The molecule has 1 unspecified atom stereocenters. The van der Waals surface area contributed by atoms with Gasteiger partial charge in [-0.05, 0) is 86.2 Å². The Morgan fingerprint density at radius 1 is 1.03 bits per heavy atom. The third kappa shape index (κ3) is 5.30. The van der Waals surface area contributed by atoms with Crippen molar-refractivity contribution in [3.05, 3.63) is 71.1 Å². The summed E-state index contributed by atoms with van der Waals surface area (Å²) >= 11 is 0. The summed E-state index contributed by atoms with van der Waals surface area (Å²) in [7, 11) is 0. The van der Waals surface area contributed by atoms with Gasteiger partial charge in [0.2, 0.25) is 5.91 Å². The summed E-state index contributed by atoms with van der Waals surface area (Å²) in [5.41, 5.74) is 2.46. The maximum Gasteiger partial charge on any atom is 0.246 e. The number of carbonyl (C=O) groups is 1. The number of likely N-dealkylation sites (tertiary alicyclic amines) is 2. The normalized spacial score (nSPS) is 21.1. The van der Waals surface area contributed by atoms with Gasteiger partial charge in [-0.2, -0.15) is 0 Å². The van der Waals surface area contributed by atoms with Gasteiger partial charge in [-0.1, -0.05) is 6.07 Å². The van der Waals surface area contributed by atoms with E-state index in [-0.39, 0.29) is 23.1 Å². The van der Waals surface area contributed by atoms with Crippen LogP contribution in [0, 0.1) is 23.4 Å². The molecule has 0 bridgehead atoms. The Morgan fingerprint density at radius 3 is 2.42 bits per heavy atom. The van der Waals surface area contributed by atoms with E-state index in [0.717, 1.165) is 57.1 Å². The third-order valence-electron chi connectivity index (χ3n) is 8.13. The first-order chi connectivity index (χ1) is 17.3. The molecule has 0 aliphatic carbocycles. The quantitative estimate of drug-likeness (QED) is 0.607. The van der Waals surface area contributed by atoms with Crippen LogP contribution in [0.2, 0.25) is 0 Å². The van der Waals surface area contributed by atoms with Crippen LogP contribution in [0.3, 0.4) is 0 Å². The Bertz CT molecular complexity index is 1120. The largest absolute Gasteiger partial charge is 0.392 e. The molecular weight excluding hydrogens is 467 g/mol. The molecule has 0 radical (unpaired) electrons. The van der Waals surface area contributed by atoms with E-state index in [1.807, 2.05) is 6.07 Å². The van der Waals surface area contributed by atoms with Crippen molar-refractivity contribution in [1.82, 2.24) is 9.80 Å². The number of piperidine rings is 2. The first kappa shape index (κ1) is 24.8. The van der Waals surface area contributed by atoms with Crippen molar-refractivity contribution < 1.29 is 23.1 Å². The van der Waals surface area contributed by atoms with Gasteiger partial charge in [0.15, 0.2) is 0 Å². The van der Waals surface area contributed by atoms with E-state index >= 15 is 0 Å². The fraction of sp³-hybridized carbons (Fsp3) is 0.464. The summed E-state index contributed by atoms with van der Waals surface area (Å²) in [6.45, 7) is 4.31. The molecule has 36 heavy (non-hydrogen) atoms. The number of fused-ring (bicyclic) bond motifs is 2. The highest BCUT2D eigenvalue weighted by Crippen LogP contribution is 2.44. The Labute approximate surface area is 209 Å². The second kappa shape index (κ2) is 10.3. The minimum absolute atomic E-state index is 0.0427. The standard InChI is InChI=1S/C28H32F3N3O2/c29-21-2-3-24-25(16-21)32-18-28(24)7-11-33(12-8-28)17-26(35)20-5-9-34(10-6-20)27(36)4-1-19-13-22(30)15-23(31)14-19/h1-4,13-16,20,26,32,35H,5-12,17-18H2. The van der Waals surface area contributed by atoms with Gasteiger partial charge in [-0.15, -0.1) is 0 Å². The van der Waals surface area contributed by atoms with Crippen LogP contribution in [0.4, 0.5) is 18.9 Å². The molecule has 3 heterocycles. The van der Waals surface area contributed by atoms with Crippen LogP contribution in [-0.2, 0) is 10.2 Å². The molecule has 0 aromatic heterocycles. The predicted octanol–water partition coefficient (Wildman–Crippen LogP) is 4.18. The van der Waals surface area contributed by atoms with Gasteiger partial charge in [0.25, 0.3) is 0 Å². The summed E-state index contributed by atoms with van der Waals surface area (Å²) in [5.74, 6) is -1.64. The van der Waals surface area contributed by atoms with E-state index in [9.17, 15) is 23.1 Å². The Kier molecular flexibility index (Phi) is 7.08. The Hall–Kier alpha value is -2.84. The number of nitrogens with one attached hydrogen (secondary N) is 1. The van der Waals surface area contributed by atoms with E-state index in [4.69, 9.17) is 0 Å².